The molecular formula is C23H29N3O2. The topological polar surface area (TPSA) is 53.6 Å². The van der Waals surface area contributed by atoms with Gasteiger partial charge in [-0.1, -0.05) is 50.2 Å². The number of nitrogens with one attached hydrogen (secondary N) is 2. The molecule has 28 heavy (non-hydrogen) atoms. The van der Waals surface area contributed by atoms with Gasteiger partial charge in [-0.25, -0.2) is 4.79 Å². The van der Waals surface area contributed by atoms with E-state index in [4.69, 9.17) is 4.74 Å². The minimum Gasteiger partial charge on any atom is -0.378 e. The summed E-state index contributed by atoms with van der Waals surface area (Å²) in [5.74, 6) is 0.347. The molecule has 0 aromatic heterocycles. The third kappa shape index (κ3) is 3.72. The third-order valence-corrected chi connectivity index (χ3v) is 6.12. The van der Waals surface area contributed by atoms with E-state index in [9.17, 15) is 4.79 Å². The minimum atomic E-state index is -0.140. The zero-order valence-electron chi connectivity index (χ0n) is 16.9. The summed E-state index contributed by atoms with van der Waals surface area (Å²) in [5.41, 5.74) is 4.38. The smallest absolute Gasteiger partial charge is 0.319 e. The predicted molar refractivity (Wildman–Crippen MR) is 113 cm³/mol. The van der Waals surface area contributed by atoms with Crippen LogP contribution in [-0.2, 0) is 4.74 Å². The van der Waals surface area contributed by atoms with Crippen molar-refractivity contribution >= 4 is 17.4 Å². The summed E-state index contributed by atoms with van der Waals surface area (Å²) in [6, 6.07) is 16.7. The summed E-state index contributed by atoms with van der Waals surface area (Å²) in [7, 11) is 0. The summed E-state index contributed by atoms with van der Waals surface area (Å²) in [6.07, 6.45) is 0. The molecule has 2 fully saturated rings. The van der Waals surface area contributed by atoms with Crippen LogP contribution in [0.25, 0.3) is 0 Å². The number of hydrogen-bond acceptors (Lipinski definition) is 3. The molecule has 2 aromatic rings. The van der Waals surface area contributed by atoms with E-state index in [0.717, 1.165) is 43.2 Å². The lowest BCUT2D eigenvalue weighted by Gasteiger charge is -2.29. The number of carbonyl (C=O) groups excluding carboxylic acids is 1. The van der Waals surface area contributed by atoms with E-state index in [0.29, 0.717) is 5.92 Å². The van der Waals surface area contributed by atoms with Crippen LogP contribution in [0, 0.1) is 12.3 Å². The Kier molecular flexibility index (Phi) is 5.02. The zero-order chi connectivity index (χ0) is 19.7. The first-order valence-electron chi connectivity index (χ1n) is 10.0. The molecule has 2 aromatic carbocycles. The Morgan fingerprint density at radius 1 is 1.11 bits per heavy atom. The molecule has 2 amide bonds. The van der Waals surface area contributed by atoms with Gasteiger partial charge in [0.2, 0.25) is 0 Å². The molecule has 1 saturated heterocycles. The van der Waals surface area contributed by atoms with Crippen LogP contribution < -0.4 is 15.5 Å². The fourth-order valence-corrected chi connectivity index (χ4v) is 4.25. The molecule has 1 aliphatic carbocycles. The molecular weight excluding hydrogens is 350 g/mol. The van der Waals surface area contributed by atoms with Crippen molar-refractivity contribution in [2.75, 3.05) is 36.5 Å². The summed E-state index contributed by atoms with van der Waals surface area (Å²) in [4.78, 5) is 15.0. The van der Waals surface area contributed by atoms with E-state index in [1.165, 1.54) is 5.56 Å². The molecule has 2 N–H and O–H groups in total. The summed E-state index contributed by atoms with van der Waals surface area (Å²) < 4.78 is 5.43. The van der Waals surface area contributed by atoms with Crippen LogP contribution in [0.4, 0.5) is 16.2 Å². The lowest BCUT2D eigenvalue weighted by molar-refractivity contribution is 0.122. The van der Waals surface area contributed by atoms with Crippen molar-refractivity contribution < 1.29 is 9.53 Å². The predicted octanol–water partition coefficient (Wildman–Crippen LogP) is 4.15. The van der Waals surface area contributed by atoms with Gasteiger partial charge in [0, 0.05) is 36.4 Å². The van der Waals surface area contributed by atoms with Crippen molar-refractivity contribution in [1.29, 1.82) is 0 Å². The number of nitrogens with zero attached hydrogens (tertiary/aromatic N) is 1. The van der Waals surface area contributed by atoms with E-state index < -0.39 is 0 Å². The van der Waals surface area contributed by atoms with Crippen molar-refractivity contribution in [3.05, 3.63) is 59.7 Å². The highest BCUT2D eigenvalue weighted by atomic mass is 16.5. The van der Waals surface area contributed by atoms with E-state index in [-0.39, 0.29) is 17.5 Å². The van der Waals surface area contributed by atoms with Crippen LogP contribution in [0.5, 0.6) is 0 Å². The maximum absolute atomic E-state index is 12.7. The molecule has 2 atom stereocenters. The van der Waals surface area contributed by atoms with Crippen molar-refractivity contribution in [3.8, 4) is 0 Å². The molecule has 5 nitrogen and oxygen atoms in total. The molecule has 1 heterocycles. The molecule has 0 spiro atoms. The second-order valence-corrected chi connectivity index (χ2v) is 8.38. The fourth-order valence-electron chi connectivity index (χ4n) is 4.25. The number of ether oxygens (including phenoxy) is 1. The van der Waals surface area contributed by atoms with Crippen LogP contribution in [0.2, 0.25) is 0 Å². The minimum absolute atomic E-state index is 0.0589. The van der Waals surface area contributed by atoms with Gasteiger partial charge >= 0.3 is 6.03 Å². The van der Waals surface area contributed by atoms with Crippen molar-refractivity contribution in [3.63, 3.8) is 0 Å². The molecule has 4 rings (SSSR count). The summed E-state index contributed by atoms with van der Waals surface area (Å²) >= 11 is 0. The number of benzene rings is 2. The Morgan fingerprint density at radius 3 is 2.54 bits per heavy atom. The molecule has 148 valence electrons. The van der Waals surface area contributed by atoms with Crippen LogP contribution in [0.3, 0.4) is 0 Å². The number of aryl methyl sites for hydroxylation is 1. The van der Waals surface area contributed by atoms with Gasteiger partial charge in [0.1, 0.15) is 0 Å². The van der Waals surface area contributed by atoms with Crippen LogP contribution in [0.15, 0.2) is 48.5 Å². The number of hydrogen-bond donors (Lipinski definition) is 2. The number of amides is 2. The highest BCUT2D eigenvalue weighted by Crippen LogP contribution is 2.58. The standard InChI is InChI=1S/C23H29N3O2/c1-16-9-10-18(26-11-13-28-14-12-26)15-19(16)24-22(27)25-21-20(23(21,2)3)17-7-5-4-6-8-17/h4-10,15,20-21H,11-14H2,1-3H3,(H2,24,25,27)/t20-,21-/m1/s1. The van der Waals surface area contributed by atoms with Gasteiger partial charge in [0.05, 0.1) is 13.2 Å². The molecule has 0 bridgehead atoms. The van der Waals surface area contributed by atoms with Gasteiger partial charge in [-0.2, -0.15) is 0 Å². The highest BCUT2D eigenvalue weighted by molar-refractivity contribution is 5.91. The van der Waals surface area contributed by atoms with Crippen molar-refractivity contribution in [1.82, 2.24) is 5.32 Å². The normalized spacial score (nSPS) is 23.2. The molecule has 1 aliphatic heterocycles. The first-order valence-corrected chi connectivity index (χ1v) is 10.0. The van der Waals surface area contributed by atoms with Crippen LogP contribution >= 0.6 is 0 Å². The SMILES string of the molecule is Cc1ccc(N2CCOCC2)cc1NC(=O)N[C@@H]1[C@@H](c2ccccc2)C1(C)C. The first-order chi connectivity index (χ1) is 13.5. The lowest BCUT2D eigenvalue weighted by Crippen LogP contribution is -2.36. The molecule has 2 aliphatic rings. The van der Waals surface area contributed by atoms with Gasteiger partial charge in [-0.3, -0.25) is 0 Å². The number of rotatable bonds is 4. The summed E-state index contributed by atoms with van der Waals surface area (Å²) in [5, 5.41) is 6.25. The van der Waals surface area contributed by atoms with Gasteiger partial charge in [0.25, 0.3) is 0 Å². The fraction of sp³-hybridized carbons (Fsp3) is 0.435. The van der Waals surface area contributed by atoms with Gasteiger partial charge < -0.3 is 20.3 Å². The van der Waals surface area contributed by atoms with Crippen LogP contribution in [-0.4, -0.2) is 38.4 Å². The first kappa shape index (κ1) is 18.8. The van der Waals surface area contributed by atoms with Crippen molar-refractivity contribution in [2.24, 2.45) is 5.41 Å². The average molecular weight is 380 g/mol. The monoisotopic (exact) mass is 379 g/mol. The Labute approximate surface area is 167 Å². The largest absolute Gasteiger partial charge is 0.378 e. The van der Waals surface area contributed by atoms with Gasteiger partial charge in [-0.15, -0.1) is 0 Å². The van der Waals surface area contributed by atoms with Gasteiger partial charge in [0.15, 0.2) is 0 Å². The quantitative estimate of drug-likeness (QED) is 0.839. The second-order valence-electron chi connectivity index (χ2n) is 8.38. The molecule has 5 heteroatoms. The number of urea groups is 1. The number of carbonyl (C=O) groups is 1. The molecule has 1 saturated carbocycles. The maximum atomic E-state index is 12.7. The highest BCUT2D eigenvalue weighted by Gasteiger charge is 2.59. The Hall–Kier alpha value is -2.53. The lowest BCUT2D eigenvalue weighted by atomic mass is 10.0. The Bertz CT molecular complexity index is 844. The van der Waals surface area contributed by atoms with Crippen molar-refractivity contribution in [2.45, 2.75) is 32.7 Å². The van der Waals surface area contributed by atoms with E-state index in [1.54, 1.807) is 0 Å². The Morgan fingerprint density at radius 2 is 1.82 bits per heavy atom. The van der Waals surface area contributed by atoms with E-state index >= 15 is 0 Å². The second kappa shape index (κ2) is 7.47. The van der Waals surface area contributed by atoms with E-state index in [1.807, 2.05) is 13.0 Å². The third-order valence-electron chi connectivity index (χ3n) is 6.12. The number of anilines is 2. The molecule has 0 radical (unpaired) electrons. The van der Waals surface area contributed by atoms with Crippen LogP contribution in [0.1, 0.15) is 30.9 Å². The molecule has 0 unspecified atom stereocenters. The Balaban J connectivity index is 1.43. The maximum Gasteiger partial charge on any atom is 0.319 e. The zero-order valence-corrected chi connectivity index (χ0v) is 16.9. The number of morpholine rings is 1. The van der Waals surface area contributed by atoms with Gasteiger partial charge in [-0.05, 0) is 35.6 Å². The average Bonchev–Trinajstić information content (AvgIpc) is 3.24. The van der Waals surface area contributed by atoms with E-state index in [2.05, 4.69) is 71.8 Å². The summed E-state index contributed by atoms with van der Waals surface area (Å²) in [6.45, 7) is 9.68.